The van der Waals surface area contributed by atoms with Gasteiger partial charge < -0.3 is 4.74 Å². The summed E-state index contributed by atoms with van der Waals surface area (Å²) >= 11 is 0. The van der Waals surface area contributed by atoms with E-state index in [4.69, 9.17) is 10.00 Å². The topological polar surface area (TPSA) is 62.1 Å². The van der Waals surface area contributed by atoms with Crippen LogP contribution in [0.5, 0.6) is 5.75 Å². The normalized spacial score (nSPS) is 9.65. The van der Waals surface area contributed by atoms with Crippen LogP contribution in [0.3, 0.4) is 0 Å². The predicted octanol–water partition coefficient (Wildman–Crippen LogP) is 3.79. The summed E-state index contributed by atoms with van der Waals surface area (Å²) in [4.78, 5) is 11.8. The van der Waals surface area contributed by atoms with E-state index < -0.39 is 6.09 Å². The molecule has 2 aromatic carbocycles. The summed E-state index contributed by atoms with van der Waals surface area (Å²) in [6.45, 7) is 3.92. The lowest BCUT2D eigenvalue weighted by Gasteiger charge is -2.10. The van der Waals surface area contributed by atoms with Crippen molar-refractivity contribution in [3.05, 3.63) is 59.2 Å². The molecule has 4 nitrogen and oxygen atoms in total. The maximum Gasteiger partial charge on any atom is 0.417 e. The molecule has 0 atom stereocenters. The number of ether oxygens (including phenoxy) is 1. The van der Waals surface area contributed by atoms with Crippen molar-refractivity contribution in [1.29, 1.82) is 5.26 Å². The van der Waals surface area contributed by atoms with Crippen molar-refractivity contribution < 1.29 is 9.53 Å². The minimum Gasteiger partial charge on any atom is -0.410 e. The number of benzene rings is 2. The van der Waals surface area contributed by atoms with Crippen molar-refractivity contribution in [2.75, 3.05) is 5.32 Å². The number of aryl methyl sites for hydroxylation is 1. The lowest BCUT2D eigenvalue weighted by atomic mass is 10.1. The Kier molecular flexibility index (Phi) is 4.02. The Morgan fingerprint density at radius 2 is 1.85 bits per heavy atom. The maximum atomic E-state index is 11.8. The van der Waals surface area contributed by atoms with E-state index in [9.17, 15) is 4.79 Å². The van der Waals surface area contributed by atoms with Crippen molar-refractivity contribution in [2.45, 2.75) is 13.8 Å². The SMILES string of the molecule is Cc1cccc(NC(=O)Oc2ccc(C#N)cc2)c1C. The smallest absolute Gasteiger partial charge is 0.410 e. The van der Waals surface area contributed by atoms with E-state index in [2.05, 4.69) is 5.32 Å². The highest BCUT2D eigenvalue weighted by molar-refractivity contribution is 5.87. The van der Waals surface area contributed by atoms with Crippen LogP contribution in [0.25, 0.3) is 0 Å². The molecule has 2 rings (SSSR count). The zero-order valence-corrected chi connectivity index (χ0v) is 11.3. The van der Waals surface area contributed by atoms with Crippen LogP contribution in [0.2, 0.25) is 0 Å². The molecular formula is C16H14N2O2. The van der Waals surface area contributed by atoms with E-state index in [1.807, 2.05) is 38.1 Å². The van der Waals surface area contributed by atoms with Gasteiger partial charge in [0.1, 0.15) is 5.75 Å². The van der Waals surface area contributed by atoms with Crippen molar-refractivity contribution in [1.82, 2.24) is 0 Å². The third-order valence-electron chi connectivity index (χ3n) is 3.04. The Balaban J connectivity index is 2.05. The molecule has 0 aliphatic rings. The highest BCUT2D eigenvalue weighted by Crippen LogP contribution is 2.19. The van der Waals surface area contributed by atoms with Crippen LogP contribution in [0, 0.1) is 25.2 Å². The molecule has 1 amide bonds. The standard InChI is InChI=1S/C16H14N2O2/c1-11-4-3-5-15(12(11)2)18-16(19)20-14-8-6-13(10-17)7-9-14/h3-9H,1-2H3,(H,18,19). The Morgan fingerprint density at radius 3 is 2.50 bits per heavy atom. The molecule has 2 aromatic rings. The molecule has 0 aliphatic carbocycles. The van der Waals surface area contributed by atoms with Crippen molar-refractivity contribution in [3.8, 4) is 11.8 Å². The molecule has 1 N–H and O–H groups in total. The van der Waals surface area contributed by atoms with Gasteiger partial charge in [-0.3, -0.25) is 5.32 Å². The minimum absolute atomic E-state index is 0.395. The van der Waals surface area contributed by atoms with E-state index in [0.717, 1.165) is 16.8 Å². The van der Waals surface area contributed by atoms with Crippen LogP contribution >= 0.6 is 0 Å². The molecule has 0 spiro atoms. The molecule has 0 saturated heterocycles. The Hall–Kier alpha value is -2.80. The van der Waals surface area contributed by atoms with Crippen LogP contribution in [0.15, 0.2) is 42.5 Å². The molecule has 0 aliphatic heterocycles. The second-order valence-electron chi connectivity index (χ2n) is 4.40. The molecule has 0 saturated carbocycles. The largest absolute Gasteiger partial charge is 0.417 e. The summed E-state index contributed by atoms with van der Waals surface area (Å²) in [5.41, 5.74) is 3.35. The number of rotatable bonds is 2. The first-order valence-corrected chi connectivity index (χ1v) is 6.15. The summed E-state index contributed by atoms with van der Waals surface area (Å²) in [7, 11) is 0. The van der Waals surface area contributed by atoms with Crippen molar-refractivity contribution >= 4 is 11.8 Å². The number of nitrogens with zero attached hydrogens (tertiary/aromatic N) is 1. The van der Waals surface area contributed by atoms with E-state index in [1.54, 1.807) is 24.3 Å². The van der Waals surface area contributed by atoms with Crippen LogP contribution in [0.4, 0.5) is 10.5 Å². The van der Waals surface area contributed by atoms with E-state index in [0.29, 0.717) is 11.3 Å². The summed E-state index contributed by atoms with van der Waals surface area (Å²) < 4.78 is 5.15. The zero-order chi connectivity index (χ0) is 14.5. The van der Waals surface area contributed by atoms with E-state index in [-0.39, 0.29) is 0 Å². The number of hydrogen-bond acceptors (Lipinski definition) is 3. The Bertz CT molecular complexity index is 670. The van der Waals surface area contributed by atoms with Gasteiger partial charge in [0.2, 0.25) is 0 Å². The van der Waals surface area contributed by atoms with Crippen LogP contribution < -0.4 is 10.1 Å². The second kappa shape index (κ2) is 5.89. The Morgan fingerprint density at radius 1 is 1.15 bits per heavy atom. The molecule has 0 unspecified atom stereocenters. The quantitative estimate of drug-likeness (QED) is 0.899. The first-order chi connectivity index (χ1) is 9.60. The van der Waals surface area contributed by atoms with Crippen molar-refractivity contribution in [2.24, 2.45) is 0 Å². The number of anilines is 1. The fourth-order valence-corrected chi connectivity index (χ4v) is 1.73. The predicted molar refractivity (Wildman–Crippen MR) is 76.7 cm³/mol. The number of amides is 1. The van der Waals surface area contributed by atoms with Gasteiger partial charge in [-0.2, -0.15) is 5.26 Å². The average molecular weight is 266 g/mol. The number of carbonyl (C=O) groups is 1. The van der Waals surface area contributed by atoms with Gasteiger partial charge in [0.15, 0.2) is 0 Å². The molecule has 0 aromatic heterocycles. The van der Waals surface area contributed by atoms with Gasteiger partial charge in [0, 0.05) is 5.69 Å². The molecule has 0 fully saturated rings. The average Bonchev–Trinajstić information content (AvgIpc) is 2.45. The summed E-state index contributed by atoms with van der Waals surface area (Å²) in [6, 6.07) is 14.0. The van der Waals surface area contributed by atoms with Gasteiger partial charge in [0.05, 0.1) is 11.6 Å². The lowest BCUT2D eigenvalue weighted by Crippen LogP contribution is -2.17. The van der Waals surface area contributed by atoms with Crippen LogP contribution in [-0.4, -0.2) is 6.09 Å². The fraction of sp³-hybridized carbons (Fsp3) is 0.125. The number of hydrogen-bond donors (Lipinski definition) is 1. The van der Waals surface area contributed by atoms with Gasteiger partial charge in [-0.05, 0) is 55.3 Å². The van der Waals surface area contributed by atoms with Gasteiger partial charge in [0.25, 0.3) is 0 Å². The van der Waals surface area contributed by atoms with Crippen molar-refractivity contribution in [3.63, 3.8) is 0 Å². The summed E-state index contributed by atoms with van der Waals surface area (Å²) in [5, 5.41) is 11.4. The summed E-state index contributed by atoms with van der Waals surface area (Å²) in [5.74, 6) is 0.395. The number of nitriles is 1. The fourth-order valence-electron chi connectivity index (χ4n) is 1.73. The molecule has 0 bridgehead atoms. The second-order valence-corrected chi connectivity index (χ2v) is 4.40. The maximum absolute atomic E-state index is 11.8. The third kappa shape index (κ3) is 3.15. The van der Waals surface area contributed by atoms with E-state index in [1.165, 1.54) is 0 Å². The van der Waals surface area contributed by atoms with E-state index >= 15 is 0 Å². The van der Waals surface area contributed by atoms with Crippen LogP contribution in [0.1, 0.15) is 16.7 Å². The first-order valence-electron chi connectivity index (χ1n) is 6.15. The van der Waals surface area contributed by atoms with Gasteiger partial charge in [-0.15, -0.1) is 0 Å². The van der Waals surface area contributed by atoms with Gasteiger partial charge in [-0.1, -0.05) is 12.1 Å². The first kappa shape index (κ1) is 13.6. The molecule has 0 radical (unpaired) electrons. The molecule has 4 heteroatoms. The molecule has 100 valence electrons. The molecule has 20 heavy (non-hydrogen) atoms. The van der Waals surface area contributed by atoms with Gasteiger partial charge in [-0.25, -0.2) is 4.79 Å². The highest BCUT2D eigenvalue weighted by Gasteiger charge is 2.08. The molecular weight excluding hydrogens is 252 g/mol. The molecule has 0 heterocycles. The lowest BCUT2D eigenvalue weighted by molar-refractivity contribution is 0.215. The minimum atomic E-state index is -0.552. The zero-order valence-electron chi connectivity index (χ0n) is 11.3. The van der Waals surface area contributed by atoms with Gasteiger partial charge >= 0.3 is 6.09 Å². The summed E-state index contributed by atoms with van der Waals surface area (Å²) in [6.07, 6.45) is -0.552. The highest BCUT2D eigenvalue weighted by atomic mass is 16.6. The Labute approximate surface area is 117 Å². The number of nitrogens with one attached hydrogen (secondary N) is 1. The number of carbonyl (C=O) groups excluding carboxylic acids is 1. The van der Waals surface area contributed by atoms with Crippen LogP contribution in [-0.2, 0) is 0 Å². The monoisotopic (exact) mass is 266 g/mol. The third-order valence-corrected chi connectivity index (χ3v) is 3.04.